The van der Waals surface area contributed by atoms with Crippen LogP contribution in [0.15, 0.2) is 78.3 Å². The lowest BCUT2D eigenvalue weighted by atomic mass is 9.74. The standard InChI is InChI=1S/C23H22F2N2O3.C17H13ClF2N2O3.C6H11BO2/c1-14-7-10-19(26-20(14)15-5-3-2-4-6-15)27-21(28)22(11-12-22)16-8-9-17-18(13-16)30-23(24,25)29-17;1-9-2-5-13(21-14(9)18)22-15(23)16(6-7-16)10-3-4-11-12(8-10)25-17(19,20)24-11;8-7(9)6-4-2-1-3-5-6/h5,7-10,13H,2-4,6,11-12H2,1H3,(H,26,27,28);2-5,8H,6-7H2,1H3,(H,21,22,23);4,8-9H,1-3,5H2. The molecule has 4 N–H and O–H groups in total. The molecule has 64 heavy (non-hydrogen) atoms. The summed E-state index contributed by atoms with van der Waals surface area (Å²) in [5.74, 6) is 0.223. The second-order valence-corrected chi connectivity index (χ2v) is 17.1. The summed E-state index contributed by atoms with van der Waals surface area (Å²) in [7, 11) is -1.20. The monoisotopic (exact) mass is 904 g/mol. The first kappa shape index (κ1) is 44.9. The lowest BCUT2D eigenvalue weighted by molar-refractivity contribution is -0.287. The highest BCUT2D eigenvalue weighted by molar-refractivity contribution is 6.50. The first-order chi connectivity index (χ1) is 30.5. The van der Waals surface area contributed by atoms with Gasteiger partial charge in [-0.1, -0.05) is 48.0 Å². The van der Waals surface area contributed by atoms with E-state index in [1.807, 2.05) is 26.0 Å². The zero-order valence-electron chi connectivity index (χ0n) is 35.1. The molecule has 0 atom stereocenters. The van der Waals surface area contributed by atoms with E-state index in [-0.39, 0.29) is 34.8 Å². The van der Waals surface area contributed by atoms with Gasteiger partial charge < -0.3 is 39.6 Å². The average Bonchev–Trinajstić information content (AvgIpc) is 4.20. The third-order valence-electron chi connectivity index (χ3n) is 12.1. The van der Waals surface area contributed by atoms with Crippen molar-refractivity contribution in [1.29, 1.82) is 0 Å². The number of halogens is 5. The molecule has 2 amide bonds. The fourth-order valence-corrected chi connectivity index (χ4v) is 8.31. The Morgan fingerprint density at radius 2 is 1.12 bits per heavy atom. The van der Waals surface area contributed by atoms with Gasteiger partial charge in [-0.2, -0.15) is 0 Å². The predicted molar refractivity (Wildman–Crippen MR) is 231 cm³/mol. The molecule has 2 saturated carbocycles. The van der Waals surface area contributed by atoms with E-state index in [9.17, 15) is 27.2 Å². The number of alkyl halides is 4. The summed E-state index contributed by atoms with van der Waals surface area (Å²) in [5.41, 5.74) is 4.54. The van der Waals surface area contributed by atoms with Crippen LogP contribution in [0.1, 0.15) is 105 Å². The Labute approximate surface area is 372 Å². The molecular weight excluding hydrogens is 859 g/mol. The van der Waals surface area contributed by atoms with E-state index < -0.39 is 30.5 Å². The van der Waals surface area contributed by atoms with Crippen molar-refractivity contribution in [3.05, 3.63) is 111 Å². The van der Waals surface area contributed by atoms with Gasteiger partial charge in [-0.25, -0.2) is 9.97 Å². The van der Waals surface area contributed by atoms with Crippen molar-refractivity contribution in [2.45, 2.75) is 114 Å². The van der Waals surface area contributed by atoms with Crippen LogP contribution in [-0.2, 0) is 20.4 Å². The molecule has 2 aromatic carbocycles. The number of hydrogen-bond donors (Lipinski definition) is 4. The molecule has 0 unspecified atom stereocenters. The smallest absolute Gasteiger partial charge is 0.423 e. The largest absolute Gasteiger partial charge is 0.586 e. The number of fused-ring (bicyclic) bond motifs is 2. The molecule has 0 radical (unpaired) electrons. The Balaban J connectivity index is 0.000000148. The van der Waals surface area contributed by atoms with E-state index in [0.717, 1.165) is 60.8 Å². The van der Waals surface area contributed by atoms with Gasteiger partial charge >= 0.3 is 19.7 Å². The zero-order valence-corrected chi connectivity index (χ0v) is 35.9. The minimum absolute atomic E-state index is 0.0226. The summed E-state index contributed by atoms with van der Waals surface area (Å²) in [5, 5.41) is 23.3. The van der Waals surface area contributed by atoms with E-state index in [2.05, 4.69) is 40.6 Å². The summed E-state index contributed by atoms with van der Waals surface area (Å²) in [6, 6.07) is 16.2. The van der Waals surface area contributed by atoms with Gasteiger partial charge in [0.25, 0.3) is 0 Å². The maximum Gasteiger partial charge on any atom is 0.586 e. The number of aryl methyl sites for hydroxylation is 2. The number of amides is 2. The molecule has 336 valence electrons. The van der Waals surface area contributed by atoms with E-state index in [4.69, 9.17) is 26.6 Å². The van der Waals surface area contributed by atoms with Crippen LogP contribution in [0, 0.1) is 13.8 Å². The van der Waals surface area contributed by atoms with Crippen molar-refractivity contribution in [1.82, 2.24) is 9.97 Å². The van der Waals surface area contributed by atoms with E-state index in [0.29, 0.717) is 53.6 Å². The number of nitrogens with zero attached hydrogens (tertiary/aromatic N) is 2. The number of pyridine rings is 2. The fourth-order valence-electron chi connectivity index (χ4n) is 8.16. The molecule has 2 aromatic heterocycles. The molecule has 4 aromatic rings. The number of carbonyl (C=O) groups excluding carboxylic acids is 2. The molecule has 4 aliphatic carbocycles. The lowest BCUT2D eigenvalue weighted by Crippen LogP contribution is -2.28. The highest BCUT2D eigenvalue weighted by Gasteiger charge is 2.54. The second-order valence-electron chi connectivity index (χ2n) is 16.8. The first-order valence-electron chi connectivity index (χ1n) is 21.2. The summed E-state index contributed by atoms with van der Waals surface area (Å²) >= 11 is 5.97. The van der Waals surface area contributed by atoms with Gasteiger partial charge in [0.15, 0.2) is 23.0 Å². The first-order valence-corrected chi connectivity index (χ1v) is 21.6. The molecule has 0 spiro atoms. The number of allylic oxidation sites excluding steroid dienone is 4. The van der Waals surface area contributed by atoms with E-state index in [1.165, 1.54) is 42.7 Å². The number of hydrogen-bond acceptors (Lipinski definition) is 10. The van der Waals surface area contributed by atoms with Crippen molar-refractivity contribution in [3.63, 3.8) is 0 Å². The Bertz CT molecular complexity index is 2530. The molecule has 0 bridgehead atoms. The van der Waals surface area contributed by atoms with Crippen molar-refractivity contribution in [2.24, 2.45) is 0 Å². The highest BCUT2D eigenvalue weighted by atomic mass is 35.5. The molecule has 0 saturated heterocycles. The van der Waals surface area contributed by atoms with Gasteiger partial charge in [-0.3, -0.25) is 9.59 Å². The minimum Gasteiger partial charge on any atom is -0.423 e. The SMILES string of the molecule is Cc1ccc(NC(=O)C2(c3ccc4c(c3)OC(F)(F)O4)CC2)nc1C1=CCCCC1.Cc1ccc(NC(=O)C2(c3ccc4c(c3)OC(F)(F)O4)CC2)nc1Cl.OB(O)C1=CCCCC1. The third-order valence-corrected chi connectivity index (χ3v) is 12.5. The zero-order chi connectivity index (χ0) is 45.4. The second kappa shape index (κ2) is 17.7. The maximum absolute atomic E-state index is 13.3. The van der Waals surface area contributed by atoms with Crippen LogP contribution < -0.4 is 29.6 Å². The summed E-state index contributed by atoms with van der Waals surface area (Å²) in [6.07, 6.45) is 7.85. The predicted octanol–water partition coefficient (Wildman–Crippen LogP) is 9.87. The Kier molecular flexibility index (Phi) is 12.5. The molecule has 12 nitrogen and oxygen atoms in total. The average molecular weight is 905 g/mol. The molecule has 2 fully saturated rings. The highest BCUT2D eigenvalue weighted by Crippen LogP contribution is 2.53. The number of nitrogens with one attached hydrogen (secondary N) is 2. The van der Waals surface area contributed by atoms with Crippen LogP contribution in [0.25, 0.3) is 5.57 Å². The number of benzene rings is 2. The van der Waals surface area contributed by atoms with Crippen molar-refractivity contribution >= 4 is 47.7 Å². The lowest BCUT2D eigenvalue weighted by Gasteiger charge is -2.18. The van der Waals surface area contributed by atoms with Gasteiger partial charge in [0.05, 0.1) is 16.5 Å². The minimum atomic E-state index is -3.68. The summed E-state index contributed by atoms with van der Waals surface area (Å²) in [4.78, 5) is 34.6. The number of aromatic nitrogens is 2. The fraction of sp³-hybridized carbons (Fsp3) is 0.391. The van der Waals surface area contributed by atoms with E-state index >= 15 is 0 Å². The van der Waals surface area contributed by atoms with Crippen molar-refractivity contribution < 1.29 is 56.1 Å². The molecular formula is C46H46BClF4N4O8. The maximum atomic E-state index is 13.3. The molecule has 6 aliphatic rings. The van der Waals surface area contributed by atoms with Crippen LogP contribution in [0.4, 0.5) is 29.2 Å². The summed E-state index contributed by atoms with van der Waals surface area (Å²) < 4.78 is 70.8. The van der Waals surface area contributed by atoms with Crippen LogP contribution in [0.2, 0.25) is 5.15 Å². The Hall–Kier alpha value is -5.65. The normalized spacial score (nSPS) is 19.6. The molecule has 4 heterocycles. The molecule has 2 aliphatic heterocycles. The van der Waals surface area contributed by atoms with Gasteiger partial charge in [-0.05, 0) is 161 Å². The third kappa shape index (κ3) is 9.86. The van der Waals surface area contributed by atoms with Gasteiger partial charge in [-0.15, -0.1) is 17.6 Å². The van der Waals surface area contributed by atoms with Gasteiger partial charge in [0.2, 0.25) is 11.8 Å². The Morgan fingerprint density at radius 3 is 1.56 bits per heavy atom. The summed E-state index contributed by atoms with van der Waals surface area (Å²) in [6.45, 7) is 3.83. The molecule has 10 rings (SSSR count). The number of anilines is 2. The number of rotatable bonds is 8. The van der Waals surface area contributed by atoms with Crippen molar-refractivity contribution in [3.8, 4) is 23.0 Å². The van der Waals surface area contributed by atoms with Crippen LogP contribution in [0.3, 0.4) is 0 Å². The van der Waals surface area contributed by atoms with Gasteiger partial charge in [0, 0.05) is 0 Å². The van der Waals surface area contributed by atoms with Crippen LogP contribution in [0.5, 0.6) is 23.0 Å². The van der Waals surface area contributed by atoms with E-state index in [1.54, 1.807) is 30.3 Å². The topological polar surface area (TPSA) is 161 Å². The van der Waals surface area contributed by atoms with Crippen molar-refractivity contribution in [2.75, 3.05) is 10.6 Å². The van der Waals surface area contributed by atoms with Crippen LogP contribution >= 0.6 is 11.6 Å². The quantitative estimate of drug-likeness (QED) is 0.0761. The number of carbonyl (C=O) groups is 2. The van der Waals surface area contributed by atoms with Crippen LogP contribution in [-0.4, -0.2) is 51.5 Å². The molecule has 18 heteroatoms. The number of ether oxygens (including phenoxy) is 4. The Morgan fingerprint density at radius 1 is 0.641 bits per heavy atom. The van der Waals surface area contributed by atoms with Gasteiger partial charge in [0.1, 0.15) is 16.8 Å².